The molecule has 1 unspecified atom stereocenters. The Hall–Kier alpha value is -3.23. The van der Waals surface area contributed by atoms with Crippen LogP contribution in [0.4, 0.5) is 18.9 Å². The third-order valence-corrected chi connectivity index (χ3v) is 5.06. The van der Waals surface area contributed by atoms with Gasteiger partial charge in [0.2, 0.25) is 11.5 Å². The van der Waals surface area contributed by atoms with Gasteiger partial charge in [0.1, 0.15) is 11.5 Å². The van der Waals surface area contributed by atoms with Gasteiger partial charge in [-0.2, -0.15) is 13.2 Å². The average Bonchev–Trinajstić information content (AvgIpc) is 2.75. The van der Waals surface area contributed by atoms with Gasteiger partial charge in [0.15, 0.2) is 0 Å². The first-order chi connectivity index (χ1) is 14.6. The van der Waals surface area contributed by atoms with Gasteiger partial charge in [-0.25, -0.2) is 0 Å². The summed E-state index contributed by atoms with van der Waals surface area (Å²) < 4.78 is 51.0. The minimum Gasteiger partial charge on any atom is -0.496 e. The van der Waals surface area contributed by atoms with Crippen molar-refractivity contribution >= 4 is 17.5 Å². The summed E-state index contributed by atoms with van der Waals surface area (Å²) >= 11 is 0. The predicted molar refractivity (Wildman–Crippen MR) is 107 cm³/mol. The largest absolute Gasteiger partial charge is 0.496 e. The second-order valence-electron chi connectivity index (χ2n) is 7.09. The highest BCUT2D eigenvalue weighted by Gasteiger charge is 2.48. The Morgan fingerprint density at radius 2 is 2.03 bits per heavy atom. The number of ether oxygens (including phenoxy) is 2. The van der Waals surface area contributed by atoms with Crippen LogP contribution < -0.4 is 19.7 Å². The summed E-state index contributed by atoms with van der Waals surface area (Å²) in [7, 11) is 1.43. The smallest absolute Gasteiger partial charge is 0.417 e. The first kappa shape index (κ1) is 22.5. The Balaban J connectivity index is 2.08. The van der Waals surface area contributed by atoms with Gasteiger partial charge < -0.3 is 19.7 Å². The van der Waals surface area contributed by atoms with Crippen molar-refractivity contribution in [3.05, 3.63) is 53.6 Å². The number of anilines is 1. The molecule has 0 spiro atoms. The maximum atomic E-state index is 13.5. The predicted octanol–water partition coefficient (Wildman–Crippen LogP) is 3.68. The van der Waals surface area contributed by atoms with E-state index < -0.39 is 23.2 Å². The summed E-state index contributed by atoms with van der Waals surface area (Å²) in [5, 5.41) is 2.67. The normalized spacial score (nSPS) is 18.3. The van der Waals surface area contributed by atoms with Crippen molar-refractivity contribution in [2.24, 2.45) is 0 Å². The van der Waals surface area contributed by atoms with Gasteiger partial charge in [0.05, 0.1) is 18.4 Å². The number of para-hydroxylation sites is 1. The van der Waals surface area contributed by atoms with Gasteiger partial charge >= 0.3 is 6.18 Å². The molecule has 0 saturated carbocycles. The summed E-state index contributed by atoms with van der Waals surface area (Å²) in [6.07, 6.45) is -4.35. The van der Waals surface area contributed by atoms with E-state index in [-0.39, 0.29) is 36.9 Å². The lowest BCUT2D eigenvalue weighted by atomic mass is 9.90. The Kier molecular flexibility index (Phi) is 6.15. The first-order valence-corrected chi connectivity index (χ1v) is 9.66. The SMILES string of the molecule is CCC(=O)NCCN1C(=O)C(C)(c2ccccc2OC)Oc2cc(C(F)(F)F)[c]cc21. The van der Waals surface area contributed by atoms with Crippen LogP contribution in [-0.2, 0) is 21.4 Å². The molecule has 0 bridgehead atoms. The number of methoxy groups -OCH3 is 1. The number of carbonyl (C=O) groups excluding carboxylic acids is 2. The molecule has 1 aliphatic heterocycles. The van der Waals surface area contributed by atoms with Gasteiger partial charge in [0, 0.05) is 25.1 Å². The lowest BCUT2D eigenvalue weighted by molar-refractivity contribution is -0.138. The Bertz CT molecular complexity index is 993. The average molecular weight is 435 g/mol. The zero-order valence-corrected chi connectivity index (χ0v) is 17.3. The molecule has 3 rings (SSSR count). The second-order valence-corrected chi connectivity index (χ2v) is 7.09. The van der Waals surface area contributed by atoms with Gasteiger partial charge in [-0.05, 0) is 31.2 Å². The van der Waals surface area contributed by atoms with E-state index in [2.05, 4.69) is 11.4 Å². The monoisotopic (exact) mass is 435 g/mol. The molecule has 1 N–H and O–H groups in total. The molecule has 0 aromatic heterocycles. The van der Waals surface area contributed by atoms with E-state index in [9.17, 15) is 22.8 Å². The number of nitrogens with one attached hydrogen (secondary N) is 1. The van der Waals surface area contributed by atoms with Crippen molar-refractivity contribution in [3.8, 4) is 11.5 Å². The van der Waals surface area contributed by atoms with E-state index in [1.165, 1.54) is 18.9 Å². The quantitative estimate of drug-likeness (QED) is 0.752. The lowest BCUT2D eigenvalue weighted by Gasteiger charge is -2.41. The van der Waals surface area contributed by atoms with Gasteiger partial charge in [-0.1, -0.05) is 25.1 Å². The van der Waals surface area contributed by atoms with Crippen LogP contribution in [0.3, 0.4) is 0 Å². The van der Waals surface area contributed by atoms with Crippen LogP contribution in [-0.4, -0.2) is 32.0 Å². The molecular weight excluding hydrogens is 413 g/mol. The Morgan fingerprint density at radius 1 is 1.32 bits per heavy atom. The molecule has 1 radical (unpaired) electrons. The maximum absolute atomic E-state index is 13.5. The van der Waals surface area contributed by atoms with Crippen molar-refractivity contribution < 1.29 is 32.2 Å². The number of amides is 2. The fourth-order valence-corrected chi connectivity index (χ4v) is 3.41. The van der Waals surface area contributed by atoms with E-state index in [0.29, 0.717) is 11.3 Å². The highest BCUT2D eigenvalue weighted by molar-refractivity contribution is 6.03. The van der Waals surface area contributed by atoms with E-state index in [1.807, 2.05) is 0 Å². The van der Waals surface area contributed by atoms with E-state index in [1.54, 1.807) is 31.2 Å². The van der Waals surface area contributed by atoms with Crippen LogP contribution in [0.25, 0.3) is 0 Å². The first-order valence-electron chi connectivity index (χ1n) is 9.66. The molecule has 1 atom stereocenters. The third kappa shape index (κ3) is 4.30. The van der Waals surface area contributed by atoms with Gasteiger partial charge in [-0.3, -0.25) is 9.59 Å². The fourth-order valence-electron chi connectivity index (χ4n) is 3.41. The molecular formula is C22H22F3N2O4. The van der Waals surface area contributed by atoms with Gasteiger partial charge in [-0.15, -0.1) is 0 Å². The topological polar surface area (TPSA) is 67.9 Å². The standard InChI is InChI=1S/C22H22F3N2O4/c1-4-19(28)26-11-12-27-16-10-9-14(22(23,24)25)13-18(16)31-21(2,20(27)29)15-7-5-6-8-17(15)30-3/h5-8,10,13H,4,11-12H2,1-3H3,(H,26,28). The van der Waals surface area contributed by atoms with Crippen molar-refractivity contribution in [1.29, 1.82) is 0 Å². The molecule has 9 heteroatoms. The van der Waals surface area contributed by atoms with Crippen molar-refractivity contribution in [2.45, 2.75) is 32.0 Å². The lowest BCUT2D eigenvalue weighted by Crippen LogP contribution is -2.54. The molecule has 165 valence electrons. The van der Waals surface area contributed by atoms with Crippen LogP contribution >= 0.6 is 0 Å². The number of hydrogen-bond donors (Lipinski definition) is 1. The molecule has 2 aromatic carbocycles. The minimum absolute atomic E-state index is 0.0465. The van der Waals surface area contributed by atoms with Crippen molar-refractivity contribution in [1.82, 2.24) is 5.32 Å². The van der Waals surface area contributed by atoms with E-state index in [0.717, 1.165) is 12.1 Å². The minimum atomic E-state index is -4.62. The number of rotatable bonds is 6. The number of alkyl halides is 3. The Labute approximate surface area is 177 Å². The molecule has 0 saturated heterocycles. The number of hydrogen-bond acceptors (Lipinski definition) is 4. The van der Waals surface area contributed by atoms with Crippen LogP contribution in [0.2, 0.25) is 0 Å². The van der Waals surface area contributed by atoms with Crippen LogP contribution in [0.5, 0.6) is 11.5 Å². The third-order valence-electron chi connectivity index (χ3n) is 5.06. The molecule has 1 aliphatic rings. The molecule has 0 fully saturated rings. The number of benzene rings is 2. The summed E-state index contributed by atoms with van der Waals surface area (Å²) in [6.45, 7) is 3.35. The second kappa shape index (κ2) is 8.49. The molecule has 1 heterocycles. The molecule has 2 amide bonds. The van der Waals surface area contributed by atoms with E-state index in [4.69, 9.17) is 9.47 Å². The van der Waals surface area contributed by atoms with Crippen LogP contribution in [0, 0.1) is 6.07 Å². The summed E-state index contributed by atoms with van der Waals surface area (Å²) in [4.78, 5) is 26.4. The highest BCUT2D eigenvalue weighted by atomic mass is 19.4. The number of nitrogens with zero attached hydrogens (tertiary/aromatic N) is 1. The zero-order chi connectivity index (χ0) is 22.8. The molecule has 2 aromatic rings. The fraction of sp³-hybridized carbons (Fsp3) is 0.364. The zero-order valence-electron chi connectivity index (χ0n) is 17.3. The molecule has 31 heavy (non-hydrogen) atoms. The molecule has 6 nitrogen and oxygen atoms in total. The maximum Gasteiger partial charge on any atom is 0.417 e. The van der Waals surface area contributed by atoms with E-state index >= 15 is 0 Å². The summed E-state index contributed by atoms with van der Waals surface area (Å²) in [5.41, 5.74) is -2.13. The number of carbonyl (C=O) groups is 2. The number of fused-ring (bicyclic) bond motifs is 1. The number of halogens is 3. The van der Waals surface area contributed by atoms with Crippen molar-refractivity contribution in [3.63, 3.8) is 0 Å². The summed E-state index contributed by atoms with van der Waals surface area (Å²) in [6, 6.07) is 10.7. The van der Waals surface area contributed by atoms with Crippen LogP contribution in [0.15, 0.2) is 36.4 Å². The highest BCUT2D eigenvalue weighted by Crippen LogP contribution is 2.46. The Morgan fingerprint density at radius 3 is 2.68 bits per heavy atom. The summed E-state index contributed by atoms with van der Waals surface area (Å²) in [5.74, 6) is -0.448. The molecule has 0 aliphatic carbocycles. The van der Waals surface area contributed by atoms with Crippen LogP contribution in [0.1, 0.15) is 31.4 Å². The van der Waals surface area contributed by atoms with Crippen molar-refractivity contribution in [2.75, 3.05) is 25.1 Å². The van der Waals surface area contributed by atoms with Gasteiger partial charge in [0.25, 0.3) is 5.91 Å².